The van der Waals surface area contributed by atoms with E-state index in [9.17, 15) is 0 Å². The summed E-state index contributed by atoms with van der Waals surface area (Å²) in [5.74, 6) is 0.640. The van der Waals surface area contributed by atoms with Crippen LogP contribution in [0, 0.1) is 6.92 Å². The van der Waals surface area contributed by atoms with Gasteiger partial charge in [-0.15, -0.1) is 0 Å². The van der Waals surface area contributed by atoms with E-state index in [0.717, 1.165) is 11.0 Å². The second kappa shape index (κ2) is 4.07. The van der Waals surface area contributed by atoms with Crippen LogP contribution in [0.25, 0.3) is 0 Å². The molecule has 1 aliphatic rings. The van der Waals surface area contributed by atoms with Crippen LogP contribution in [0.5, 0.6) is 5.88 Å². The Balaban J connectivity index is 2.20. The van der Waals surface area contributed by atoms with E-state index in [4.69, 9.17) is 14.0 Å². The third-order valence-corrected chi connectivity index (χ3v) is 2.53. The topological polar surface area (TPSA) is 40.6 Å². The number of hydrogen-bond acceptors (Lipinski definition) is 4. The minimum absolute atomic E-state index is 0.224. The lowest BCUT2D eigenvalue weighted by atomic mass is 9.80. The fourth-order valence-electron chi connectivity index (χ4n) is 1.73. The molecule has 86 valence electrons. The van der Waals surface area contributed by atoms with E-state index < -0.39 is 0 Å². The maximum Gasteiger partial charge on any atom is 0.496 e. The molecule has 0 atom stereocenters. The zero-order valence-electron chi connectivity index (χ0n) is 10.1. The number of ether oxygens (including phenoxy) is 1. The minimum atomic E-state index is -0.313. The second-order valence-electron chi connectivity index (χ2n) is 4.62. The molecule has 0 N–H and O–H groups in total. The van der Waals surface area contributed by atoms with Crippen molar-refractivity contribution in [2.24, 2.45) is 0 Å². The zero-order chi connectivity index (χ0) is 11.8. The number of pyridine rings is 1. The summed E-state index contributed by atoms with van der Waals surface area (Å²) in [4.78, 5) is 4.21. The molecule has 4 nitrogen and oxygen atoms in total. The minimum Gasteiger partial charge on any atom is -0.481 e. The van der Waals surface area contributed by atoms with Gasteiger partial charge in [-0.1, -0.05) is 6.07 Å². The molecule has 0 bridgehead atoms. The van der Waals surface area contributed by atoms with Gasteiger partial charge in [-0.05, 0) is 20.8 Å². The van der Waals surface area contributed by atoms with Crippen molar-refractivity contribution in [3.8, 4) is 5.88 Å². The van der Waals surface area contributed by atoms with E-state index in [-0.39, 0.29) is 12.7 Å². The standard InChI is InChI=1S/C11H16BNO3/c1-8-5-9(6-13-10(8)14-4)12-15-7-11(2,3)16-12/h5-6H,7H2,1-4H3. The largest absolute Gasteiger partial charge is 0.496 e. The number of rotatable bonds is 2. The summed E-state index contributed by atoms with van der Waals surface area (Å²) < 4.78 is 16.5. The number of methoxy groups -OCH3 is 1. The van der Waals surface area contributed by atoms with Crippen LogP contribution < -0.4 is 10.2 Å². The lowest BCUT2D eigenvalue weighted by Crippen LogP contribution is -2.35. The predicted octanol–water partition coefficient (Wildman–Crippen LogP) is 0.919. The average Bonchev–Trinajstić information content (AvgIpc) is 2.59. The van der Waals surface area contributed by atoms with Crippen molar-refractivity contribution in [3.63, 3.8) is 0 Å². The summed E-state index contributed by atoms with van der Waals surface area (Å²) in [7, 11) is 1.30. The quantitative estimate of drug-likeness (QED) is 0.696. The van der Waals surface area contributed by atoms with Crippen LogP contribution in [0.3, 0.4) is 0 Å². The first kappa shape index (κ1) is 11.4. The van der Waals surface area contributed by atoms with Crippen LogP contribution in [0.15, 0.2) is 12.3 Å². The number of aromatic nitrogens is 1. The molecule has 0 amide bonds. The van der Waals surface area contributed by atoms with Gasteiger partial charge in [0.15, 0.2) is 0 Å². The van der Waals surface area contributed by atoms with Gasteiger partial charge < -0.3 is 14.0 Å². The van der Waals surface area contributed by atoms with E-state index in [0.29, 0.717) is 12.5 Å². The molecular formula is C11H16BNO3. The predicted molar refractivity (Wildman–Crippen MR) is 62.0 cm³/mol. The molecule has 0 radical (unpaired) electrons. The Kier molecular flexibility index (Phi) is 2.91. The van der Waals surface area contributed by atoms with E-state index in [1.54, 1.807) is 13.3 Å². The lowest BCUT2D eigenvalue weighted by Gasteiger charge is -2.15. The fraction of sp³-hybridized carbons (Fsp3) is 0.545. The van der Waals surface area contributed by atoms with E-state index in [1.165, 1.54) is 0 Å². The van der Waals surface area contributed by atoms with E-state index >= 15 is 0 Å². The summed E-state index contributed by atoms with van der Waals surface area (Å²) in [5, 5.41) is 0. The first-order chi connectivity index (χ1) is 7.52. The highest BCUT2D eigenvalue weighted by atomic mass is 16.7. The first-order valence-electron chi connectivity index (χ1n) is 5.32. The van der Waals surface area contributed by atoms with Gasteiger partial charge >= 0.3 is 7.12 Å². The molecule has 2 rings (SSSR count). The zero-order valence-corrected chi connectivity index (χ0v) is 10.1. The van der Waals surface area contributed by atoms with Crippen LogP contribution in [0.1, 0.15) is 19.4 Å². The Hall–Kier alpha value is -1.07. The van der Waals surface area contributed by atoms with Crippen molar-refractivity contribution >= 4 is 12.6 Å². The normalized spacial score (nSPS) is 18.9. The van der Waals surface area contributed by atoms with Crippen LogP contribution in [0.4, 0.5) is 0 Å². The van der Waals surface area contributed by atoms with Crippen LogP contribution in [0.2, 0.25) is 0 Å². The summed E-state index contributed by atoms with van der Waals surface area (Å²) in [5.41, 5.74) is 1.69. The highest BCUT2D eigenvalue weighted by molar-refractivity contribution is 6.61. The van der Waals surface area contributed by atoms with Gasteiger partial charge in [-0.25, -0.2) is 4.98 Å². The van der Waals surface area contributed by atoms with Gasteiger partial charge in [0.25, 0.3) is 0 Å². The van der Waals surface area contributed by atoms with Crippen molar-refractivity contribution in [1.29, 1.82) is 0 Å². The molecule has 2 heterocycles. The summed E-state index contributed by atoms with van der Waals surface area (Å²) in [6.45, 7) is 6.58. The molecule has 1 aromatic heterocycles. The number of aryl methyl sites for hydroxylation is 1. The Morgan fingerprint density at radius 2 is 2.25 bits per heavy atom. The smallest absolute Gasteiger partial charge is 0.481 e. The van der Waals surface area contributed by atoms with E-state index in [1.807, 2.05) is 26.8 Å². The van der Waals surface area contributed by atoms with Crippen molar-refractivity contribution in [3.05, 3.63) is 17.8 Å². The van der Waals surface area contributed by atoms with Gasteiger partial charge in [0.1, 0.15) is 0 Å². The molecule has 0 unspecified atom stereocenters. The van der Waals surface area contributed by atoms with Gasteiger partial charge in [0.2, 0.25) is 5.88 Å². The Labute approximate surface area is 96.1 Å². The molecular weight excluding hydrogens is 205 g/mol. The average molecular weight is 221 g/mol. The number of hydrogen-bond donors (Lipinski definition) is 0. The Bertz CT molecular complexity index is 395. The van der Waals surface area contributed by atoms with Crippen molar-refractivity contribution in [1.82, 2.24) is 4.98 Å². The molecule has 1 fully saturated rings. The molecule has 0 saturated carbocycles. The van der Waals surface area contributed by atoms with Crippen LogP contribution in [-0.4, -0.2) is 31.4 Å². The van der Waals surface area contributed by atoms with Gasteiger partial charge in [0.05, 0.1) is 19.3 Å². The fourth-order valence-corrected chi connectivity index (χ4v) is 1.73. The van der Waals surface area contributed by atoms with Crippen LogP contribution >= 0.6 is 0 Å². The molecule has 16 heavy (non-hydrogen) atoms. The first-order valence-corrected chi connectivity index (χ1v) is 5.32. The molecule has 0 aliphatic carbocycles. The molecule has 1 saturated heterocycles. The van der Waals surface area contributed by atoms with Gasteiger partial charge in [-0.2, -0.15) is 0 Å². The Morgan fingerprint density at radius 3 is 2.75 bits per heavy atom. The maximum atomic E-state index is 5.76. The number of nitrogens with zero attached hydrogens (tertiary/aromatic N) is 1. The molecule has 0 aromatic carbocycles. The second-order valence-corrected chi connectivity index (χ2v) is 4.62. The van der Waals surface area contributed by atoms with Crippen LogP contribution in [-0.2, 0) is 9.31 Å². The van der Waals surface area contributed by atoms with Gasteiger partial charge in [-0.3, -0.25) is 0 Å². The molecule has 0 spiro atoms. The highest BCUT2D eigenvalue weighted by Gasteiger charge is 2.38. The highest BCUT2D eigenvalue weighted by Crippen LogP contribution is 2.20. The maximum absolute atomic E-state index is 5.76. The van der Waals surface area contributed by atoms with Crippen molar-refractivity contribution < 1.29 is 14.0 Å². The summed E-state index contributed by atoms with van der Waals surface area (Å²) >= 11 is 0. The lowest BCUT2D eigenvalue weighted by molar-refractivity contribution is 0.137. The van der Waals surface area contributed by atoms with Crippen molar-refractivity contribution in [2.45, 2.75) is 26.4 Å². The third kappa shape index (κ3) is 2.20. The molecule has 1 aromatic rings. The summed E-state index contributed by atoms with van der Waals surface area (Å²) in [6, 6.07) is 1.98. The summed E-state index contributed by atoms with van der Waals surface area (Å²) in [6.07, 6.45) is 1.73. The van der Waals surface area contributed by atoms with Gasteiger partial charge in [0, 0.05) is 17.2 Å². The molecule has 5 heteroatoms. The third-order valence-electron chi connectivity index (χ3n) is 2.53. The Morgan fingerprint density at radius 1 is 1.50 bits per heavy atom. The SMILES string of the molecule is COc1ncc(B2OCC(C)(C)O2)cc1C. The monoisotopic (exact) mass is 221 g/mol. The molecule has 1 aliphatic heterocycles. The van der Waals surface area contributed by atoms with E-state index in [2.05, 4.69) is 4.98 Å². The van der Waals surface area contributed by atoms with Crippen molar-refractivity contribution in [2.75, 3.05) is 13.7 Å².